The molecule has 3 aromatic heterocycles. The summed E-state index contributed by atoms with van der Waals surface area (Å²) < 4.78 is 2.77. The van der Waals surface area contributed by atoms with Crippen molar-refractivity contribution in [1.82, 2.24) is 34.9 Å². The Balaban J connectivity index is 1.44. The molecule has 0 radical (unpaired) electrons. The van der Waals surface area contributed by atoms with E-state index in [0.717, 1.165) is 23.5 Å². The Morgan fingerprint density at radius 2 is 2.12 bits per heavy atom. The fraction of sp³-hybridized carbons (Fsp3) is 0.333. The van der Waals surface area contributed by atoms with Crippen LogP contribution >= 0.6 is 0 Å². The van der Waals surface area contributed by atoms with E-state index in [4.69, 9.17) is 0 Å². The van der Waals surface area contributed by atoms with Gasteiger partial charge in [-0.15, -0.1) is 15.3 Å². The van der Waals surface area contributed by atoms with Gasteiger partial charge in [0, 0.05) is 32.2 Å². The third-order valence-electron chi connectivity index (χ3n) is 4.19. The average molecular weight is 340 g/mol. The van der Waals surface area contributed by atoms with E-state index in [-0.39, 0.29) is 23.2 Å². The first-order valence-corrected chi connectivity index (χ1v) is 7.87. The molecule has 1 aliphatic rings. The minimum Gasteiger partial charge on any atom is -0.353 e. The molecule has 25 heavy (non-hydrogen) atoms. The maximum atomic E-state index is 12.3. The number of rotatable bonds is 3. The van der Waals surface area contributed by atoms with Gasteiger partial charge in [0.2, 0.25) is 0 Å². The summed E-state index contributed by atoms with van der Waals surface area (Å²) in [5, 5.41) is 19.1. The normalized spacial score (nSPS) is 17.2. The maximum Gasteiger partial charge on any atom is 0.272 e. The van der Waals surface area contributed by atoms with Gasteiger partial charge in [-0.2, -0.15) is 9.61 Å². The molecule has 10 heteroatoms. The van der Waals surface area contributed by atoms with Crippen molar-refractivity contribution in [1.29, 1.82) is 0 Å². The molecule has 1 fully saturated rings. The number of amides is 1. The SMILES string of the molecule is Cn1nc(C(=O)N[C@@H]2CCN(c3ccc4nncn4n3)C2)ccc1=O. The van der Waals surface area contributed by atoms with Crippen LogP contribution in [0.3, 0.4) is 0 Å². The van der Waals surface area contributed by atoms with Gasteiger partial charge < -0.3 is 10.2 Å². The number of aryl methyl sites for hydroxylation is 1. The molecule has 10 nitrogen and oxygen atoms in total. The summed E-state index contributed by atoms with van der Waals surface area (Å²) in [5.41, 5.74) is 0.664. The molecule has 0 aromatic carbocycles. The van der Waals surface area contributed by atoms with Crippen molar-refractivity contribution in [3.8, 4) is 0 Å². The number of aromatic nitrogens is 6. The summed E-state index contributed by atoms with van der Waals surface area (Å²) >= 11 is 0. The highest BCUT2D eigenvalue weighted by Gasteiger charge is 2.26. The Hall–Kier alpha value is -3.30. The van der Waals surface area contributed by atoms with Crippen molar-refractivity contribution in [2.75, 3.05) is 18.0 Å². The first-order valence-electron chi connectivity index (χ1n) is 7.87. The number of carbonyl (C=O) groups is 1. The van der Waals surface area contributed by atoms with E-state index in [0.29, 0.717) is 12.2 Å². The number of nitrogens with one attached hydrogen (secondary N) is 1. The number of hydrogen-bond donors (Lipinski definition) is 1. The number of carbonyl (C=O) groups excluding carboxylic acids is 1. The topological polar surface area (TPSA) is 110 Å². The minimum atomic E-state index is -0.287. The quantitative estimate of drug-likeness (QED) is 0.666. The molecule has 0 saturated carbocycles. The van der Waals surface area contributed by atoms with Crippen LogP contribution in [0.25, 0.3) is 5.65 Å². The van der Waals surface area contributed by atoms with Gasteiger partial charge in [-0.25, -0.2) is 4.68 Å². The lowest BCUT2D eigenvalue weighted by Crippen LogP contribution is -2.38. The van der Waals surface area contributed by atoms with E-state index in [1.54, 1.807) is 10.8 Å². The van der Waals surface area contributed by atoms with Gasteiger partial charge in [0.05, 0.1) is 0 Å². The summed E-state index contributed by atoms with van der Waals surface area (Å²) in [6, 6.07) is 6.51. The molecule has 3 aromatic rings. The second-order valence-electron chi connectivity index (χ2n) is 5.91. The fourth-order valence-electron chi connectivity index (χ4n) is 2.86. The van der Waals surface area contributed by atoms with Crippen molar-refractivity contribution in [2.24, 2.45) is 7.05 Å². The maximum absolute atomic E-state index is 12.3. The van der Waals surface area contributed by atoms with Gasteiger partial charge in [0.25, 0.3) is 11.5 Å². The predicted octanol–water partition coefficient (Wildman–Crippen LogP) is -0.773. The third kappa shape index (κ3) is 2.93. The van der Waals surface area contributed by atoms with E-state index >= 15 is 0 Å². The highest BCUT2D eigenvalue weighted by molar-refractivity contribution is 5.92. The molecule has 1 amide bonds. The molecular formula is C15H16N8O2. The smallest absolute Gasteiger partial charge is 0.272 e. The molecular weight excluding hydrogens is 324 g/mol. The van der Waals surface area contributed by atoms with Crippen molar-refractivity contribution in [2.45, 2.75) is 12.5 Å². The van der Waals surface area contributed by atoms with E-state index in [2.05, 4.69) is 30.6 Å². The van der Waals surface area contributed by atoms with E-state index in [1.165, 1.54) is 19.2 Å². The zero-order valence-electron chi connectivity index (χ0n) is 13.5. The van der Waals surface area contributed by atoms with Crippen LogP contribution in [0.4, 0.5) is 5.82 Å². The standard InChI is InChI=1S/C15H16N8O2/c1-21-14(24)5-2-11(19-21)15(25)17-10-6-7-22(8-10)13-4-3-12-18-16-9-23(12)20-13/h2-5,9-10H,6-8H2,1H3,(H,17,25)/t10-/m1/s1. The van der Waals surface area contributed by atoms with Crippen LogP contribution in [0.15, 0.2) is 35.4 Å². The molecule has 0 unspecified atom stereocenters. The highest BCUT2D eigenvalue weighted by Crippen LogP contribution is 2.18. The monoisotopic (exact) mass is 340 g/mol. The predicted molar refractivity (Wildman–Crippen MR) is 88.3 cm³/mol. The first-order chi connectivity index (χ1) is 12.1. The Morgan fingerprint density at radius 3 is 2.96 bits per heavy atom. The van der Waals surface area contributed by atoms with E-state index in [1.807, 2.05) is 12.1 Å². The lowest BCUT2D eigenvalue weighted by molar-refractivity contribution is 0.0933. The summed E-state index contributed by atoms with van der Waals surface area (Å²) in [7, 11) is 1.52. The van der Waals surface area contributed by atoms with Gasteiger partial charge in [0.1, 0.15) is 17.8 Å². The molecule has 0 aliphatic carbocycles. The van der Waals surface area contributed by atoms with Gasteiger partial charge in [-0.1, -0.05) is 0 Å². The Kier molecular flexibility index (Phi) is 3.64. The van der Waals surface area contributed by atoms with E-state index < -0.39 is 0 Å². The van der Waals surface area contributed by atoms with Crippen molar-refractivity contribution >= 4 is 17.4 Å². The van der Waals surface area contributed by atoms with E-state index in [9.17, 15) is 9.59 Å². The van der Waals surface area contributed by atoms with Gasteiger partial charge in [0.15, 0.2) is 5.65 Å². The Bertz CT molecular complexity index is 994. The van der Waals surface area contributed by atoms with Crippen molar-refractivity contribution < 1.29 is 4.79 Å². The van der Waals surface area contributed by atoms with Crippen LogP contribution in [0.1, 0.15) is 16.9 Å². The van der Waals surface area contributed by atoms with Crippen LogP contribution in [0, 0.1) is 0 Å². The van der Waals surface area contributed by atoms with Crippen molar-refractivity contribution in [3.05, 3.63) is 46.6 Å². The number of nitrogens with zero attached hydrogens (tertiary/aromatic N) is 7. The lowest BCUT2D eigenvalue weighted by Gasteiger charge is -2.17. The fourth-order valence-corrected chi connectivity index (χ4v) is 2.86. The Morgan fingerprint density at radius 1 is 1.24 bits per heavy atom. The molecule has 1 saturated heterocycles. The van der Waals surface area contributed by atoms with Crippen LogP contribution in [-0.4, -0.2) is 54.6 Å². The molecule has 128 valence electrons. The second-order valence-corrected chi connectivity index (χ2v) is 5.91. The molecule has 1 aliphatic heterocycles. The van der Waals surface area contributed by atoms with Crippen LogP contribution < -0.4 is 15.8 Å². The summed E-state index contributed by atoms with van der Waals surface area (Å²) in [6.07, 6.45) is 2.36. The number of fused-ring (bicyclic) bond motifs is 1. The second kappa shape index (κ2) is 5.96. The zero-order valence-corrected chi connectivity index (χ0v) is 13.5. The van der Waals surface area contributed by atoms with Crippen LogP contribution in [-0.2, 0) is 7.05 Å². The molecule has 0 bridgehead atoms. The van der Waals surface area contributed by atoms with Crippen molar-refractivity contribution in [3.63, 3.8) is 0 Å². The zero-order chi connectivity index (χ0) is 17.4. The lowest BCUT2D eigenvalue weighted by atomic mass is 10.2. The number of hydrogen-bond acceptors (Lipinski definition) is 7. The number of anilines is 1. The molecule has 0 spiro atoms. The van der Waals surface area contributed by atoms with Gasteiger partial charge in [-0.3, -0.25) is 9.59 Å². The van der Waals surface area contributed by atoms with Gasteiger partial charge >= 0.3 is 0 Å². The largest absolute Gasteiger partial charge is 0.353 e. The van der Waals surface area contributed by atoms with Crippen LogP contribution in [0.2, 0.25) is 0 Å². The summed E-state index contributed by atoms with van der Waals surface area (Å²) in [6.45, 7) is 1.43. The first kappa shape index (κ1) is 15.2. The van der Waals surface area contributed by atoms with Gasteiger partial charge in [-0.05, 0) is 24.6 Å². The van der Waals surface area contributed by atoms with Crippen LogP contribution in [0.5, 0.6) is 0 Å². The average Bonchev–Trinajstić information content (AvgIpc) is 3.25. The third-order valence-corrected chi connectivity index (χ3v) is 4.19. The minimum absolute atomic E-state index is 0.00931. The Labute approximate surface area is 142 Å². The molecule has 1 N–H and O–H groups in total. The highest BCUT2D eigenvalue weighted by atomic mass is 16.2. The molecule has 1 atom stereocenters. The summed E-state index contributed by atoms with van der Waals surface area (Å²) in [5.74, 6) is 0.522. The summed E-state index contributed by atoms with van der Waals surface area (Å²) in [4.78, 5) is 25.8. The molecule has 4 rings (SSSR count). The molecule has 4 heterocycles.